The Labute approximate surface area is 284 Å². The third-order valence-electron chi connectivity index (χ3n) is 8.28. The molecule has 1 rings (SSSR count). The molecule has 1 unspecified atom stereocenters. The third-order valence-corrected chi connectivity index (χ3v) is 8.28. The highest BCUT2D eigenvalue weighted by Crippen LogP contribution is 2.28. The molecule has 47 heavy (non-hydrogen) atoms. The Hall–Kier alpha value is -2.43. The highest BCUT2D eigenvalue weighted by Gasteiger charge is 2.50. The van der Waals surface area contributed by atoms with Crippen LogP contribution in [0, 0.1) is 0 Å². The maximum Gasteiger partial charge on any atom is 0.509 e. The number of ether oxygens (including phenoxy) is 5. The molecule has 2 N–H and O–H groups in total. The van der Waals surface area contributed by atoms with Crippen LogP contribution in [0.2, 0.25) is 0 Å². The van der Waals surface area contributed by atoms with Crippen molar-refractivity contribution in [1.82, 2.24) is 5.32 Å². The first kappa shape index (κ1) is 42.6. The Morgan fingerprint density at radius 2 is 1.40 bits per heavy atom. The van der Waals surface area contributed by atoms with E-state index in [-0.39, 0.29) is 18.8 Å². The fraction of sp³-hybridized carbons (Fsp3) is 0.811. The van der Waals surface area contributed by atoms with Crippen LogP contribution in [-0.2, 0) is 33.3 Å². The molecule has 0 spiro atoms. The van der Waals surface area contributed by atoms with Crippen molar-refractivity contribution in [3.63, 3.8) is 0 Å². The van der Waals surface area contributed by atoms with Gasteiger partial charge in [0, 0.05) is 13.0 Å². The van der Waals surface area contributed by atoms with Gasteiger partial charge in [0.2, 0.25) is 12.2 Å². The standard InChI is InChI=1S/C37H65NO9/c1-5-9-11-13-15-17-18-20-22-24-30(40)28-32(41)38-33-35(43-27-23-21-19-16-14-12-10-6-2)34(47-37(42)45-26-8-4)31(29-39)46-36(33)44-25-7-3/h7-8,25,31,33-36,39H,4-6,9-24,26-29H2,1-3H3,(H,38,41)/b25-7-/t31-,33-,34-,35-,36?/m1/s1. The van der Waals surface area contributed by atoms with Gasteiger partial charge in [0.1, 0.15) is 30.6 Å². The van der Waals surface area contributed by atoms with Crippen LogP contribution in [0.15, 0.2) is 25.0 Å². The van der Waals surface area contributed by atoms with E-state index in [1.807, 2.05) is 0 Å². The van der Waals surface area contributed by atoms with Crippen LogP contribution in [0.4, 0.5) is 4.79 Å². The number of amides is 1. The van der Waals surface area contributed by atoms with E-state index in [2.05, 4.69) is 25.7 Å². The lowest BCUT2D eigenvalue weighted by atomic mass is 9.95. The van der Waals surface area contributed by atoms with Gasteiger partial charge in [0.25, 0.3) is 0 Å². The molecule has 0 bridgehead atoms. The van der Waals surface area contributed by atoms with Gasteiger partial charge >= 0.3 is 6.16 Å². The summed E-state index contributed by atoms with van der Waals surface area (Å²) in [6.45, 7) is 9.50. The number of allylic oxidation sites excluding steroid dienone is 1. The maximum atomic E-state index is 13.2. The van der Waals surface area contributed by atoms with E-state index in [4.69, 9.17) is 23.7 Å². The number of unbranched alkanes of at least 4 members (excludes halogenated alkanes) is 15. The Balaban J connectivity index is 2.88. The van der Waals surface area contributed by atoms with Gasteiger partial charge in [-0.3, -0.25) is 9.59 Å². The van der Waals surface area contributed by atoms with E-state index < -0.39 is 49.3 Å². The van der Waals surface area contributed by atoms with Crippen molar-refractivity contribution in [1.29, 1.82) is 0 Å². The molecule has 10 nitrogen and oxygen atoms in total. The Kier molecular flexibility index (Phi) is 25.9. The number of Topliss-reactive ketones (excluding diaryl/α,β-unsaturated/α-hetero) is 1. The van der Waals surface area contributed by atoms with Gasteiger partial charge in [0.05, 0.1) is 19.3 Å². The highest BCUT2D eigenvalue weighted by molar-refractivity contribution is 5.98. The van der Waals surface area contributed by atoms with Crippen molar-refractivity contribution < 1.29 is 43.2 Å². The minimum Gasteiger partial charge on any atom is -0.471 e. The fourth-order valence-corrected chi connectivity index (χ4v) is 5.68. The summed E-state index contributed by atoms with van der Waals surface area (Å²) in [5, 5.41) is 13.0. The molecule has 1 aliphatic heterocycles. The second-order valence-electron chi connectivity index (χ2n) is 12.5. The van der Waals surface area contributed by atoms with Gasteiger partial charge in [-0.25, -0.2) is 4.79 Å². The largest absolute Gasteiger partial charge is 0.509 e. The molecule has 1 amide bonds. The van der Waals surface area contributed by atoms with Gasteiger partial charge < -0.3 is 34.1 Å². The van der Waals surface area contributed by atoms with Gasteiger partial charge in [-0.1, -0.05) is 129 Å². The number of rotatable bonds is 29. The summed E-state index contributed by atoms with van der Waals surface area (Å²) < 4.78 is 28.7. The fourth-order valence-electron chi connectivity index (χ4n) is 5.68. The van der Waals surface area contributed by atoms with E-state index in [1.165, 1.54) is 76.5 Å². The van der Waals surface area contributed by atoms with E-state index in [9.17, 15) is 19.5 Å². The molecule has 272 valence electrons. The summed E-state index contributed by atoms with van der Waals surface area (Å²) in [4.78, 5) is 38.4. The minimum absolute atomic E-state index is 0.0613. The summed E-state index contributed by atoms with van der Waals surface area (Å²) in [5.74, 6) is -0.636. The molecule has 1 aliphatic rings. The average Bonchev–Trinajstić information content (AvgIpc) is 3.06. The van der Waals surface area contributed by atoms with Crippen LogP contribution in [0.3, 0.4) is 0 Å². The van der Waals surface area contributed by atoms with Crippen molar-refractivity contribution >= 4 is 17.8 Å². The van der Waals surface area contributed by atoms with Gasteiger partial charge in [-0.05, 0) is 19.8 Å². The van der Waals surface area contributed by atoms with Crippen molar-refractivity contribution in [2.75, 3.05) is 19.8 Å². The first-order valence-electron chi connectivity index (χ1n) is 18.3. The number of aliphatic hydroxyl groups is 1. The SMILES string of the molecule is C=CCOC(=O)O[C@H]1[C@H](OCCCCCCCCCC)[C@@H](NC(=O)CC(=O)CCCCCCCCCCC)C(O/C=C\C)O[C@@H]1CO. The first-order chi connectivity index (χ1) is 22.9. The van der Waals surface area contributed by atoms with Crippen molar-refractivity contribution in [2.24, 2.45) is 0 Å². The number of hydrogen-bond acceptors (Lipinski definition) is 9. The van der Waals surface area contributed by atoms with Crippen LogP contribution in [-0.4, -0.2) is 73.4 Å². The number of nitrogens with one attached hydrogen (secondary N) is 1. The molecular weight excluding hydrogens is 602 g/mol. The molecule has 0 aromatic heterocycles. The molecule has 1 heterocycles. The van der Waals surface area contributed by atoms with Crippen LogP contribution in [0.25, 0.3) is 0 Å². The van der Waals surface area contributed by atoms with E-state index in [1.54, 1.807) is 13.0 Å². The molecule has 10 heteroatoms. The minimum atomic E-state index is -1.11. The van der Waals surface area contributed by atoms with Gasteiger partial charge in [-0.2, -0.15) is 0 Å². The summed E-state index contributed by atoms with van der Waals surface area (Å²) in [6.07, 6.45) is 18.6. The zero-order chi connectivity index (χ0) is 34.5. The Morgan fingerprint density at radius 1 is 0.830 bits per heavy atom. The average molecular weight is 668 g/mol. The maximum absolute atomic E-state index is 13.2. The predicted molar refractivity (Wildman–Crippen MR) is 184 cm³/mol. The molecule has 0 saturated carbocycles. The summed E-state index contributed by atoms with van der Waals surface area (Å²) in [7, 11) is 0. The number of ketones is 1. The predicted octanol–water partition coefficient (Wildman–Crippen LogP) is 7.85. The molecule has 0 radical (unpaired) electrons. The first-order valence-corrected chi connectivity index (χ1v) is 18.3. The second-order valence-corrected chi connectivity index (χ2v) is 12.5. The molecule has 0 aromatic carbocycles. The number of hydrogen-bond donors (Lipinski definition) is 2. The van der Waals surface area contributed by atoms with Crippen LogP contribution in [0.5, 0.6) is 0 Å². The monoisotopic (exact) mass is 667 g/mol. The van der Waals surface area contributed by atoms with Crippen molar-refractivity contribution in [3.05, 3.63) is 25.0 Å². The molecule has 5 atom stereocenters. The zero-order valence-corrected chi connectivity index (χ0v) is 29.6. The van der Waals surface area contributed by atoms with Crippen LogP contribution in [0.1, 0.15) is 143 Å². The zero-order valence-electron chi connectivity index (χ0n) is 29.6. The summed E-state index contributed by atoms with van der Waals surface area (Å²) >= 11 is 0. The molecule has 1 fully saturated rings. The molecule has 0 aliphatic carbocycles. The molecular formula is C37H65NO9. The van der Waals surface area contributed by atoms with Crippen LogP contribution < -0.4 is 5.32 Å². The van der Waals surface area contributed by atoms with Gasteiger partial charge in [0.15, 0.2) is 6.10 Å². The van der Waals surface area contributed by atoms with Crippen molar-refractivity contribution in [3.8, 4) is 0 Å². The third kappa shape index (κ3) is 19.9. The lowest BCUT2D eigenvalue weighted by molar-refractivity contribution is -0.265. The summed E-state index contributed by atoms with van der Waals surface area (Å²) in [6, 6.07) is -0.937. The normalized spacial score (nSPS) is 21.0. The van der Waals surface area contributed by atoms with E-state index in [0.29, 0.717) is 13.0 Å². The smallest absolute Gasteiger partial charge is 0.471 e. The second kappa shape index (κ2) is 28.6. The Morgan fingerprint density at radius 3 is 1.96 bits per heavy atom. The lowest BCUT2D eigenvalue weighted by Crippen LogP contribution is -2.66. The number of carbonyl (C=O) groups is 3. The molecule has 0 aromatic rings. The van der Waals surface area contributed by atoms with E-state index in [0.717, 1.165) is 44.9 Å². The topological polar surface area (TPSA) is 130 Å². The van der Waals surface area contributed by atoms with Gasteiger partial charge in [-0.15, -0.1) is 0 Å². The lowest BCUT2D eigenvalue weighted by Gasteiger charge is -2.44. The number of aliphatic hydroxyl groups excluding tert-OH is 1. The van der Waals surface area contributed by atoms with Crippen molar-refractivity contribution in [2.45, 2.75) is 173 Å². The summed E-state index contributed by atoms with van der Waals surface area (Å²) in [5.41, 5.74) is 0. The van der Waals surface area contributed by atoms with Crippen LogP contribution >= 0.6 is 0 Å². The highest BCUT2D eigenvalue weighted by atomic mass is 16.8. The molecule has 1 saturated heterocycles. The Bertz CT molecular complexity index is 865. The quantitative estimate of drug-likeness (QED) is 0.0269. The van der Waals surface area contributed by atoms with E-state index >= 15 is 0 Å². The number of carbonyl (C=O) groups excluding carboxylic acids is 3.